The Morgan fingerprint density at radius 3 is 2.92 bits per heavy atom. The zero-order chi connectivity index (χ0) is 8.55. The van der Waals surface area contributed by atoms with Crippen LogP contribution in [0.2, 0.25) is 0 Å². The van der Waals surface area contributed by atoms with Crippen molar-refractivity contribution in [1.29, 1.82) is 5.26 Å². The van der Waals surface area contributed by atoms with Gasteiger partial charge in [0.15, 0.2) is 11.3 Å². The van der Waals surface area contributed by atoms with Crippen LogP contribution in [0.1, 0.15) is 5.69 Å². The van der Waals surface area contributed by atoms with Gasteiger partial charge in [0, 0.05) is 0 Å². The van der Waals surface area contributed by atoms with Crippen molar-refractivity contribution in [3.63, 3.8) is 0 Å². The number of nitrogen functional groups attached to an aromatic ring is 1. The van der Waals surface area contributed by atoms with Gasteiger partial charge in [0.2, 0.25) is 0 Å². The van der Waals surface area contributed by atoms with Crippen molar-refractivity contribution in [1.82, 2.24) is 20.2 Å². The van der Waals surface area contributed by atoms with E-state index in [1.165, 1.54) is 6.33 Å². The van der Waals surface area contributed by atoms with Crippen LogP contribution in [0.15, 0.2) is 6.33 Å². The molecule has 0 amide bonds. The molecule has 2 aromatic heterocycles. The van der Waals surface area contributed by atoms with Crippen LogP contribution in [-0.2, 0) is 0 Å². The second kappa shape index (κ2) is 3.70. The van der Waals surface area contributed by atoms with Crippen LogP contribution in [-0.4, -0.2) is 49.7 Å². The molecule has 0 aliphatic heterocycles. The summed E-state index contributed by atoms with van der Waals surface area (Å²) in [6, 6.07) is 1.89. The SMILES string of the molecule is N#Cc1n[nH]c2ncnc(N)c12.[NaH]. The predicted octanol–water partition coefficient (Wildman–Crippen LogP) is -0.842. The fourth-order valence-electron chi connectivity index (χ4n) is 0.963. The van der Waals surface area contributed by atoms with Gasteiger partial charge in [-0.1, -0.05) is 0 Å². The van der Waals surface area contributed by atoms with Crippen LogP contribution in [0.5, 0.6) is 0 Å². The molecule has 0 aromatic carbocycles. The molecule has 0 saturated carbocycles. The molecule has 0 saturated heterocycles. The van der Waals surface area contributed by atoms with Crippen molar-refractivity contribution >= 4 is 46.4 Å². The molecule has 7 heteroatoms. The average Bonchev–Trinajstić information content (AvgIpc) is 2.49. The molecule has 0 unspecified atom stereocenters. The number of aromatic amines is 1. The van der Waals surface area contributed by atoms with E-state index in [1.54, 1.807) is 0 Å². The minimum absolute atomic E-state index is 0. The van der Waals surface area contributed by atoms with E-state index in [0.717, 1.165) is 0 Å². The molecule has 0 aliphatic carbocycles. The number of aromatic nitrogens is 4. The first-order chi connectivity index (χ1) is 5.83. The maximum atomic E-state index is 8.61. The summed E-state index contributed by atoms with van der Waals surface area (Å²) in [6.07, 6.45) is 1.32. The van der Waals surface area contributed by atoms with Crippen LogP contribution >= 0.6 is 0 Å². The first-order valence-corrected chi connectivity index (χ1v) is 3.17. The van der Waals surface area contributed by atoms with E-state index >= 15 is 0 Å². The number of anilines is 1. The molecule has 0 aliphatic rings. The second-order valence-electron chi connectivity index (χ2n) is 2.17. The van der Waals surface area contributed by atoms with E-state index in [0.29, 0.717) is 11.0 Å². The molecule has 2 heterocycles. The number of nitriles is 1. The molecule has 2 rings (SSSR count). The Bertz CT molecular complexity index is 469. The van der Waals surface area contributed by atoms with Crippen LogP contribution in [0.4, 0.5) is 5.82 Å². The summed E-state index contributed by atoms with van der Waals surface area (Å²) >= 11 is 0. The third kappa shape index (κ3) is 1.49. The van der Waals surface area contributed by atoms with E-state index < -0.39 is 0 Å². The molecule has 3 N–H and O–H groups in total. The second-order valence-corrected chi connectivity index (χ2v) is 2.17. The number of rotatable bonds is 0. The first-order valence-electron chi connectivity index (χ1n) is 3.17. The standard InChI is InChI=1S/C6H4N6.Na.H/c7-1-3-4-5(8)9-2-10-6(4)12-11-3;;/h2H,(H3,8,9,10,11,12);;. The van der Waals surface area contributed by atoms with Gasteiger partial charge in [-0.05, 0) is 0 Å². The number of H-pyrrole nitrogens is 1. The Morgan fingerprint density at radius 1 is 1.46 bits per heavy atom. The third-order valence-electron chi connectivity index (χ3n) is 1.49. The molecule has 0 spiro atoms. The number of nitrogens with two attached hydrogens (primary N) is 1. The van der Waals surface area contributed by atoms with Crippen molar-refractivity contribution in [3.05, 3.63) is 12.0 Å². The fourth-order valence-corrected chi connectivity index (χ4v) is 0.963. The Kier molecular flexibility index (Phi) is 2.83. The van der Waals surface area contributed by atoms with Crippen LogP contribution in [0.25, 0.3) is 11.0 Å². The maximum absolute atomic E-state index is 8.61. The zero-order valence-electron chi connectivity index (χ0n) is 5.94. The summed E-state index contributed by atoms with van der Waals surface area (Å²) in [4.78, 5) is 7.59. The van der Waals surface area contributed by atoms with Crippen molar-refractivity contribution < 1.29 is 0 Å². The summed E-state index contributed by atoms with van der Waals surface area (Å²) in [6.45, 7) is 0. The van der Waals surface area contributed by atoms with E-state index in [2.05, 4.69) is 20.2 Å². The zero-order valence-corrected chi connectivity index (χ0v) is 5.94. The van der Waals surface area contributed by atoms with E-state index in [-0.39, 0.29) is 41.1 Å². The van der Waals surface area contributed by atoms with Gasteiger partial charge in [-0.15, -0.1) is 0 Å². The van der Waals surface area contributed by atoms with Crippen molar-refractivity contribution in [2.75, 3.05) is 5.73 Å². The summed E-state index contributed by atoms with van der Waals surface area (Å²) in [7, 11) is 0. The number of hydrogen-bond acceptors (Lipinski definition) is 5. The number of fused-ring (bicyclic) bond motifs is 1. The van der Waals surface area contributed by atoms with Gasteiger partial charge < -0.3 is 5.73 Å². The topological polar surface area (TPSA) is 104 Å². The first kappa shape index (κ1) is 9.92. The molecule has 0 fully saturated rings. The van der Waals surface area contributed by atoms with Gasteiger partial charge in [-0.3, -0.25) is 5.10 Å². The fraction of sp³-hybridized carbons (Fsp3) is 0. The number of hydrogen-bond donors (Lipinski definition) is 2. The van der Waals surface area contributed by atoms with Crippen LogP contribution in [0.3, 0.4) is 0 Å². The van der Waals surface area contributed by atoms with Crippen LogP contribution in [0, 0.1) is 11.3 Å². The van der Waals surface area contributed by atoms with Gasteiger partial charge in [0.1, 0.15) is 18.2 Å². The Hall–Kier alpha value is -1.16. The summed E-state index contributed by atoms with van der Waals surface area (Å²) < 4.78 is 0. The van der Waals surface area contributed by atoms with E-state index in [4.69, 9.17) is 11.0 Å². The summed E-state index contributed by atoms with van der Waals surface area (Å²) in [5.74, 6) is 0.269. The molecule has 0 radical (unpaired) electrons. The normalized spacial score (nSPS) is 9.15. The van der Waals surface area contributed by atoms with E-state index in [9.17, 15) is 0 Å². The van der Waals surface area contributed by atoms with Gasteiger partial charge in [-0.2, -0.15) is 10.4 Å². The van der Waals surface area contributed by atoms with Crippen LogP contribution < -0.4 is 5.73 Å². The quantitative estimate of drug-likeness (QED) is 0.519. The minimum atomic E-state index is 0. The number of nitrogens with one attached hydrogen (secondary N) is 1. The number of nitrogens with zero attached hydrogens (tertiary/aromatic N) is 4. The van der Waals surface area contributed by atoms with Crippen molar-refractivity contribution in [3.8, 4) is 6.07 Å². The van der Waals surface area contributed by atoms with Gasteiger partial charge in [-0.25, -0.2) is 9.97 Å². The Labute approximate surface area is 95.5 Å². The molecule has 60 valence electrons. The van der Waals surface area contributed by atoms with Crippen molar-refractivity contribution in [2.24, 2.45) is 0 Å². The summed E-state index contributed by atoms with van der Waals surface area (Å²) in [5.41, 5.74) is 6.23. The summed E-state index contributed by atoms with van der Waals surface area (Å²) in [5, 5.41) is 15.4. The molecule has 0 atom stereocenters. The molecule has 13 heavy (non-hydrogen) atoms. The predicted molar refractivity (Wildman–Crippen MR) is 48.0 cm³/mol. The Morgan fingerprint density at radius 2 is 2.23 bits per heavy atom. The monoisotopic (exact) mass is 184 g/mol. The van der Waals surface area contributed by atoms with Gasteiger partial charge in [0.05, 0.1) is 5.39 Å². The average molecular weight is 184 g/mol. The molecule has 0 bridgehead atoms. The van der Waals surface area contributed by atoms with Gasteiger partial charge >= 0.3 is 29.6 Å². The van der Waals surface area contributed by atoms with E-state index in [1.807, 2.05) is 6.07 Å². The van der Waals surface area contributed by atoms with Crippen molar-refractivity contribution in [2.45, 2.75) is 0 Å². The molecule has 6 nitrogen and oxygen atoms in total. The molecule has 2 aromatic rings. The third-order valence-corrected chi connectivity index (χ3v) is 1.49. The molecular weight excluding hydrogens is 179 g/mol. The van der Waals surface area contributed by atoms with Gasteiger partial charge in [0.25, 0.3) is 0 Å². The molecular formula is C6H5N6Na. The Balaban J connectivity index is 0.000000845.